The average Bonchev–Trinajstić information content (AvgIpc) is 2.79. The Hall–Kier alpha value is -2.48. The summed E-state index contributed by atoms with van der Waals surface area (Å²) in [5.41, 5.74) is 1.64. The number of thioether (sulfide) groups is 1. The largest absolute Gasteiger partial charge is 0.354 e. The molecular formula is C24H25ClN2O3S2. The number of nitrogens with one attached hydrogen (secondary N) is 1. The van der Waals surface area contributed by atoms with E-state index in [0.29, 0.717) is 17.3 Å². The van der Waals surface area contributed by atoms with E-state index in [2.05, 4.69) is 36.5 Å². The zero-order chi connectivity index (χ0) is 23.0. The summed E-state index contributed by atoms with van der Waals surface area (Å²) in [5.74, 6) is 0.501. The molecule has 0 saturated heterocycles. The highest BCUT2D eigenvalue weighted by Crippen LogP contribution is 2.24. The number of rotatable bonds is 10. The maximum Gasteiger partial charge on any atom is 0.264 e. The van der Waals surface area contributed by atoms with Crippen LogP contribution in [0.3, 0.4) is 0 Å². The Labute approximate surface area is 198 Å². The van der Waals surface area contributed by atoms with E-state index < -0.39 is 10.0 Å². The summed E-state index contributed by atoms with van der Waals surface area (Å²) in [6.45, 7) is 2.22. The van der Waals surface area contributed by atoms with Crippen molar-refractivity contribution in [3.05, 3.63) is 89.4 Å². The number of carbonyl (C=O) groups excluding carboxylic acids is 1. The van der Waals surface area contributed by atoms with Crippen LogP contribution in [0.1, 0.15) is 12.0 Å². The molecule has 0 saturated carbocycles. The molecule has 3 rings (SSSR count). The van der Waals surface area contributed by atoms with E-state index in [-0.39, 0.29) is 17.3 Å². The molecule has 0 aliphatic rings. The number of hydrogen-bond donors (Lipinski definition) is 1. The van der Waals surface area contributed by atoms with Gasteiger partial charge in [-0.15, -0.1) is 11.8 Å². The molecule has 0 bridgehead atoms. The van der Waals surface area contributed by atoms with Gasteiger partial charge in [-0.1, -0.05) is 47.5 Å². The number of halogens is 1. The summed E-state index contributed by atoms with van der Waals surface area (Å²) in [4.78, 5) is 13.8. The Morgan fingerprint density at radius 2 is 1.62 bits per heavy atom. The summed E-state index contributed by atoms with van der Waals surface area (Å²) >= 11 is 7.62. The molecule has 0 aliphatic carbocycles. The van der Waals surface area contributed by atoms with Gasteiger partial charge in [0.15, 0.2) is 0 Å². The van der Waals surface area contributed by atoms with Gasteiger partial charge in [-0.05, 0) is 67.6 Å². The molecular weight excluding hydrogens is 464 g/mol. The summed E-state index contributed by atoms with van der Waals surface area (Å²) < 4.78 is 27.6. The van der Waals surface area contributed by atoms with E-state index >= 15 is 0 Å². The number of benzene rings is 3. The summed E-state index contributed by atoms with van der Waals surface area (Å²) in [5, 5.41) is 3.27. The van der Waals surface area contributed by atoms with Crippen molar-refractivity contribution in [2.75, 3.05) is 23.1 Å². The monoisotopic (exact) mass is 488 g/mol. The average molecular weight is 489 g/mol. The van der Waals surface area contributed by atoms with Crippen LogP contribution in [0, 0.1) is 6.92 Å². The van der Waals surface area contributed by atoms with E-state index in [1.807, 2.05) is 0 Å². The highest BCUT2D eigenvalue weighted by Gasteiger charge is 2.27. The van der Waals surface area contributed by atoms with Crippen LogP contribution in [0.15, 0.2) is 88.7 Å². The van der Waals surface area contributed by atoms with Crippen molar-refractivity contribution in [2.45, 2.75) is 23.1 Å². The second kappa shape index (κ2) is 11.4. The second-order valence-corrected chi connectivity index (χ2v) is 10.6. The minimum atomic E-state index is -3.93. The van der Waals surface area contributed by atoms with Gasteiger partial charge in [0.1, 0.15) is 6.54 Å². The summed E-state index contributed by atoms with van der Waals surface area (Å²) in [7, 11) is -3.93. The molecule has 168 valence electrons. The van der Waals surface area contributed by atoms with Crippen molar-refractivity contribution in [3.8, 4) is 0 Å². The lowest BCUT2D eigenvalue weighted by Crippen LogP contribution is -2.41. The SMILES string of the molecule is Cc1ccc(SCCCNC(=O)CN(c2ccccc2)S(=O)(=O)c2ccc(Cl)cc2)cc1. The number of amides is 1. The van der Waals surface area contributed by atoms with Gasteiger partial charge in [0.05, 0.1) is 10.6 Å². The van der Waals surface area contributed by atoms with Gasteiger partial charge in [-0.3, -0.25) is 9.10 Å². The molecule has 0 unspecified atom stereocenters. The fraction of sp³-hybridized carbons (Fsp3) is 0.208. The minimum Gasteiger partial charge on any atom is -0.354 e. The van der Waals surface area contributed by atoms with Crippen LogP contribution in [0.5, 0.6) is 0 Å². The van der Waals surface area contributed by atoms with E-state index in [4.69, 9.17) is 11.6 Å². The molecule has 0 aliphatic heterocycles. The first-order valence-electron chi connectivity index (χ1n) is 10.2. The number of sulfonamides is 1. The number of anilines is 1. The van der Waals surface area contributed by atoms with Crippen LogP contribution in [0.2, 0.25) is 5.02 Å². The fourth-order valence-corrected chi connectivity index (χ4v) is 5.35. The van der Waals surface area contributed by atoms with Crippen LogP contribution >= 0.6 is 23.4 Å². The predicted octanol–water partition coefficient (Wildman–Crippen LogP) is 5.14. The topological polar surface area (TPSA) is 66.5 Å². The molecule has 1 N–H and O–H groups in total. The molecule has 3 aromatic carbocycles. The maximum absolute atomic E-state index is 13.2. The number of nitrogens with zero attached hydrogens (tertiary/aromatic N) is 1. The Morgan fingerprint density at radius 1 is 0.969 bits per heavy atom. The zero-order valence-electron chi connectivity index (χ0n) is 17.7. The van der Waals surface area contributed by atoms with Crippen molar-refractivity contribution >= 4 is 45.0 Å². The highest BCUT2D eigenvalue weighted by molar-refractivity contribution is 7.99. The zero-order valence-corrected chi connectivity index (χ0v) is 20.1. The number of carbonyl (C=O) groups is 1. The predicted molar refractivity (Wildman–Crippen MR) is 132 cm³/mol. The molecule has 0 spiro atoms. The Bertz CT molecular complexity index is 1120. The molecule has 0 aromatic heterocycles. The van der Waals surface area contributed by atoms with Crippen LogP contribution in [-0.4, -0.2) is 33.2 Å². The quantitative estimate of drug-likeness (QED) is 0.317. The van der Waals surface area contributed by atoms with Crippen LogP contribution in [0.4, 0.5) is 5.69 Å². The van der Waals surface area contributed by atoms with E-state index in [1.54, 1.807) is 42.1 Å². The molecule has 8 heteroatoms. The molecule has 0 fully saturated rings. The van der Waals surface area contributed by atoms with Gasteiger partial charge < -0.3 is 5.32 Å². The molecule has 32 heavy (non-hydrogen) atoms. The summed E-state index contributed by atoms with van der Waals surface area (Å²) in [6.07, 6.45) is 0.777. The van der Waals surface area contributed by atoms with Crippen molar-refractivity contribution in [1.82, 2.24) is 5.32 Å². The number of para-hydroxylation sites is 1. The van der Waals surface area contributed by atoms with Crippen molar-refractivity contribution in [1.29, 1.82) is 0 Å². The van der Waals surface area contributed by atoms with Gasteiger partial charge >= 0.3 is 0 Å². The van der Waals surface area contributed by atoms with Crippen LogP contribution in [-0.2, 0) is 14.8 Å². The van der Waals surface area contributed by atoms with Crippen molar-refractivity contribution in [3.63, 3.8) is 0 Å². The third-order valence-electron chi connectivity index (χ3n) is 4.67. The van der Waals surface area contributed by atoms with Crippen LogP contribution < -0.4 is 9.62 Å². The van der Waals surface area contributed by atoms with Gasteiger partial charge in [0.2, 0.25) is 5.91 Å². The lowest BCUT2D eigenvalue weighted by molar-refractivity contribution is -0.119. The van der Waals surface area contributed by atoms with E-state index in [0.717, 1.165) is 16.5 Å². The molecule has 1 amide bonds. The normalized spacial score (nSPS) is 11.2. The first-order chi connectivity index (χ1) is 15.4. The molecule has 3 aromatic rings. The van der Waals surface area contributed by atoms with Gasteiger partial charge in [-0.25, -0.2) is 8.42 Å². The Morgan fingerprint density at radius 3 is 2.28 bits per heavy atom. The number of aryl methyl sites for hydroxylation is 1. The van der Waals surface area contributed by atoms with E-state index in [1.165, 1.54) is 34.7 Å². The minimum absolute atomic E-state index is 0.0769. The molecule has 0 atom stereocenters. The molecule has 5 nitrogen and oxygen atoms in total. The first kappa shape index (κ1) is 24.2. The lowest BCUT2D eigenvalue weighted by Gasteiger charge is -2.24. The van der Waals surface area contributed by atoms with Gasteiger partial charge in [-0.2, -0.15) is 0 Å². The van der Waals surface area contributed by atoms with Crippen molar-refractivity contribution < 1.29 is 13.2 Å². The van der Waals surface area contributed by atoms with Gasteiger partial charge in [0.25, 0.3) is 10.0 Å². The Kier molecular flexibility index (Phi) is 8.61. The van der Waals surface area contributed by atoms with Crippen LogP contribution in [0.25, 0.3) is 0 Å². The first-order valence-corrected chi connectivity index (χ1v) is 13.0. The smallest absolute Gasteiger partial charge is 0.264 e. The standard InChI is InChI=1S/C24H25ClN2O3S2/c1-19-8-12-22(13-9-19)31-17-5-16-26-24(28)18-27(21-6-3-2-4-7-21)32(29,30)23-14-10-20(25)11-15-23/h2-4,6-15H,5,16-18H2,1H3,(H,26,28). The van der Waals surface area contributed by atoms with Crippen molar-refractivity contribution in [2.24, 2.45) is 0 Å². The third-order valence-corrected chi connectivity index (χ3v) is 7.80. The number of hydrogen-bond acceptors (Lipinski definition) is 4. The molecule has 0 radical (unpaired) electrons. The fourth-order valence-electron chi connectivity index (χ4n) is 2.95. The Balaban J connectivity index is 1.60. The maximum atomic E-state index is 13.2. The second-order valence-electron chi connectivity index (χ2n) is 7.17. The van der Waals surface area contributed by atoms with E-state index in [9.17, 15) is 13.2 Å². The van der Waals surface area contributed by atoms with Gasteiger partial charge in [0, 0.05) is 16.5 Å². The molecule has 0 heterocycles. The lowest BCUT2D eigenvalue weighted by atomic mass is 10.2. The third kappa shape index (κ3) is 6.76. The summed E-state index contributed by atoms with van der Waals surface area (Å²) in [6, 6.07) is 22.8. The highest BCUT2D eigenvalue weighted by atomic mass is 35.5.